The molecule has 2 amide bonds. The lowest BCUT2D eigenvalue weighted by Gasteiger charge is -2.34. The summed E-state index contributed by atoms with van der Waals surface area (Å²) >= 11 is 1.01. The number of rotatable bonds is 3. The minimum Gasteiger partial charge on any atom is -0.273 e. The van der Waals surface area contributed by atoms with Gasteiger partial charge in [0.05, 0.1) is 11.3 Å². The van der Waals surface area contributed by atoms with Gasteiger partial charge in [-0.1, -0.05) is 30.0 Å². The van der Waals surface area contributed by atoms with Gasteiger partial charge in [0.2, 0.25) is 15.9 Å². The summed E-state index contributed by atoms with van der Waals surface area (Å²) in [7, 11) is -3.69. The highest BCUT2D eigenvalue weighted by Crippen LogP contribution is 2.30. The molecule has 2 aliphatic heterocycles. The standard InChI is InChI=1S/C17H17N3O4S2/c21-15-11-25-17(22)20(15)13-6-9-19(10-7-13)26(23,24)14-5-1-3-12-4-2-8-18-16(12)14/h1-5,8,13H,6-7,9-11H2. The molecular weight excluding hydrogens is 374 g/mol. The summed E-state index contributed by atoms with van der Waals surface area (Å²) in [6, 6.07) is 8.49. The van der Waals surface area contributed by atoms with Crippen LogP contribution < -0.4 is 0 Å². The molecule has 0 bridgehead atoms. The van der Waals surface area contributed by atoms with Crippen molar-refractivity contribution in [3.05, 3.63) is 36.5 Å². The van der Waals surface area contributed by atoms with Crippen molar-refractivity contribution in [2.45, 2.75) is 23.8 Å². The van der Waals surface area contributed by atoms with E-state index in [1.807, 2.05) is 12.1 Å². The molecular formula is C17H17N3O4S2. The van der Waals surface area contributed by atoms with E-state index in [0.717, 1.165) is 17.1 Å². The molecule has 0 spiro atoms. The number of carbonyl (C=O) groups excluding carboxylic acids is 2. The molecule has 0 saturated carbocycles. The molecule has 0 radical (unpaired) electrons. The summed E-state index contributed by atoms with van der Waals surface area (Å²) < 4.78 is 27.6. The average Bonchev–Trinajstić information content (AvgIpc) is 2.99. The molecule has 2 aromatic rings. The molecule has 9 heteroatoms. The zero-order chi connectivity index (χ0) is 18.3. The molecule has 2 aliphatic rings. The Morgan fingerprint density at radius 3 is 2.50 bits per heavy atom. The number of hydrogen-bond acceptors (Lipinski definition) is 6. The van der Waals surface area contributed by atoms with Crippen molar-refractivity contribution >= 4 is 43.8 Å². The van der Waals surface area contributed by atoms with Crippen LogP contribution in [0.25, 0.3) is 10.9 Å². The Bertz CT molecular complexity index is 963. The molecule has 26 heavy (non-hydrogen) atoms. The number of aromatic nitrogens is 1. The molecule has 1 aromatic carbocycles. The van der Waals surface area contributed by atoms with E-state index in [4.69, 9.17) is 0 Å². The lowest BCUT2D eigenvalue weighted by molar-refractivity contribution is -0.126. The van der Waals surface area contributed by atoms with Gasteiger partial charge in [0.1, 0.15) is 4.90 Å². The Balaban J connectivity index is 1.57. The zero-order valence-electron chi connectivity index (χ0n) is 13.9. The minimum atomic E-state index is -3.69. The van der Waals surface area contributed by atoms with Crippen molar-refractivity contribution in [2.24, 2.45) is 0 Å². The van der Waals surface area contributed by atoms with E-state index >= 15 is 0 Å². The summed E-state index contributed by atoms with van der Waals surface area (Å²) in [4.78, 5) is 29.5. The summed E-state index contributed by atoms with van der Waals surface area (Å²) in [6.07, 6.45) is 2.49. The van der Waals surface area contributed by atoms with Crippen LogP contribution in [-0.4, -0.2) is 58.6 Å². The van der Waals surface area contributed by atoms with Crippen LogP contribution in [0.3, 0.4) is 0 Å². The molecule has 7 nitrogen and oxygen atoms in total. The lowest BCUT2D eigenvalue weighted by atomic mass is 10.1. The fraction of sp³-hybridized carbons (Fsp3) is 0.353. The van der Waals surface area contributed by atoms with Gasteiger partial charge in [-0.05, 0) is 25.0 Å². The Morgan fingerprint density at radius 2 is 1.81 bits per heavy atom. The first-order valence-corrected chi connectivity index (χ1v) is 10.7. The van der Waals surface area contributed by atoms with Crippen LogP contribution in [0.1, 0.15) is 12.8 Å². The number of thioether (sulfide) groups is 1. The van der Waals surface area contributed by atoms with Gasteiger partial charge in [-0.3, -0.25) is 19.5 Å². The van der Waals surface area contributed by atoms with E-state index in [0.29, 0.717) is 18.4 Å². The lowest BCUT2D eigenvalue weighted by Crippen LogP contribution is -2.48. The summed E-state index contributed by atoms with van der Waals surface area (Å²) in [5, 5.41) is 0.545. The number of pyridine rings is 1. The number of para-hydroxylation sites is 1. The monoisotopic (exact) mass is 391 g/mol. The SMILES string of the molecule is O=C1CSC(=O)N1C1CCN(S(=O)(=O)c2cccc3cccnc23)CC1. The van der Waals surface area contributed by atoms with Crippen molar-refractivity contribution in [1.82, 2.24) is 14.2 Å². The topological polar surface area (TPSA) is 87.7 Å². The molecule has 0 unspecified atom stereocenters. The van der Waals surface area contributed by atoms with Crippen LogP contribution in [0.15, 0.2) is 41.4 Å². The van der Waals surface area contributed by atoms with Gasteiger partial charge in [0.25, 0.3) is 5.24 Å². The molecule has 1 aromatic heterocycles. The predicted molar refractivity (Wildman–Crippen MR) is 98.2 cm³/mol. The highest BCUT2D eigenvalue weighted by atomic mass is 32.2. The van der Waals surface area contributed by atoms with Crippen molar-refractivity contribution in [3.63, 3.8) is 0 Å². The quantitative estimate of drug-likeness (QED) is 0.796. The number of sulfonamides is 1. The Hall–Kier alpha value is -1.97. The first-order valence-electron chi connectivity index (χ1n) is 8.31. The van der Waals surface area contributed by atoms with Crippen molar-refractivity contribution < 1.29 is 18.0 Å². The molecule has 0 aliphatic carbocycles. The number of nitrogens with zero attached hydrogens (tertiary/aromatic N) is 3. The van der Waals surface area contributed by atoms with Crippen LogP contribution in [-0.2, 0) is 14.8 Å². The third kappa shape index (κ3) is 2.89. The molecule has 2 saturated heterocycles. The Labute approximate surface area is 155 Å². The van der Waals surface area contributed by atoms with Gasteiger partial charge in [0, 0.05) is 30.7 Å². The number of benzene rings is 1. The maximum Gasteiger partial charge on any atom is 0.289 e. The molecule has 0 N–H and O–H groups in total. The van der Waals surface area contributed by atoms with Gasteiger partial charge in [-0.15, -0.1) is 0 Å². The highest BCUT2D eigenvalue weighted by molar-refractivity contribution is 8.14. The van der Waals surface area contributed by atoms with E-state index in [1.54, 1.807) is 24.4 Å². The average molecular weight is 391 g/mol. The highest BCUT2D eigenvalue weighted by Gasteiger charge is 2.39. The normalized spacial score (nSPS) is 20.2. The predicted octanol–water partition coefficient (Wildman–Crippen LogP) is 2.08. The van der Waals surface area contributed by atoms with Gasteiger partial charge >= 0.3 is 0 Å². The van der Waals surface area contributed by atoms with E-state index in [2.05, 4.69) is 4.98 Å². The summed E-state index contributed by atoms with van der Waals surface area (Å²) in [5.74, 6) is -0.00138. The van der Waals surface area contributed by atoms with E-state index in [1.165, 1.54) is 9.21 Å². The molecule has 2 fully saturated rings. The second-order valence-corrected chi connectivity index (χ2v) is 9.12. The van der Waals surface area contributed by atoms with Gasteiger partial charge in [0.15, 0.2) is 0 Å². The number of carbonyl (C=O) groups is 2. The Kier molecular flexibility index (Phi) is 4.45. The zero-order valence-corrected chi connectivity index (χ0v) is 15.5. The molecule has 4 rings (SSSR count). The molecule has 3 heterocycles. The van der Waals surface area contributed by atoms with E-state index in [9.17, 15) is 18.0 Å². The number of imide groups is 1. The first kappa shape index (κ1) is 17.4. The van der Waals surface area contributed by atoms with Gasteiger partial charge < -0.3 is 0 Å². The molecule has 0 atom stereocenters. The number of amides is 2. The van der Waals surface area contributed by atoms with E-state index in [-0.39, 0.29) is 40.9 Å². The van der Waals surface area contributed by atoms with Crippen molar-refractivity contribution in [1.29, 1.82) is 0 Å². The van der Waals surface area contributed by atoms with Crippen molar-refractivity contribution in [2.75, 3.05) is 18.8 Å². The minimum absolute atomic E-state index is 0.180. The second kappa shape index (κ2) is 6.64. The van der Waals surface area contributed by atoms with Crippen LogP contribution in [0.2, 0.25) is 0 Å². The van der Waals surface area contributed by atoms with Crippen LogP contribution in [0.5, 0.6) is 0 Å². The van der Waals surface area contributed by atoms with Crippen LogP contribution in [0.4, 0.5) is 4.79 Å². The van der Waals surface area contributed by atoms with Gasteiger partial charge in [-0.25, -0.2) is 8.42 Å². The summed E-state index contributed by atoms with van der Waals surface area (Å²) in [6.45, 7) is 0.551. The van der Waals surface area contributed by atoms with Gasteiger partial charge in [-0.2, -0.15) is 4.31 Å². The number of fused-ring (bicyclic) bond motifs is 1. The van der Waals surface area contributed by atoms with Crippen molar-refractivity contribution in [3.8, 4) is 0 Å². The maximum atomic E-state index is 13.1. The first-order chi connectivity index (χ1) is 12.5. The fourth-order valence-electron chi connectivity index (χ4n) is 3.48. The van der Waals surface area contributed by atoms with E-state index < -0.39 is 10.0 Å². The Morgan fingerprint density at radius 1 is 1.08 bits per heavy atom. The third-order valence-corrected chi connectivity index (χ3v) is 7.55. The largest absolute Gasteiger partial charge is 0.289 e. The number of hydrogen-bond donors (Lipinski definition) is 0. The maximum absolute atomic E-state index is 13.1. The number of piperidine rings is 1. The third-order valence-electron chi connectivity index (χ3n) is 4.79. The smallest absolute Gasteiger partial charge is 0.273 e. The van der Waals surface area contributed by atoms with Crippen LogP contribution >= 0.6 is 11.8 Å². The summed E-state index contributed by atoms with van der Waals surface area (Å²) in [5.41, 5.74) is 0.457. The second-order valence-electron chi connectivity index (χ2n) is 6.28. The molecule has 136 valence electrons. The van der Waals surface area contributed by atoms with Crippen LogP contribution in [0, 0.1) is 0 Å². The fourth-order valence-corrected chi connectivity index (χ4v) is 5.89.